The maximum absolute atomic E-state index is 13.4. The van der Waals surface area contributed by atoms with Crippen LogP contribution in [0.2, 0.25) is 0 Å². The summed E-state index contributed by atoms with van der Waals surface area (Å²) >= 11 is 0. The molecule has 1 atom stereocenters. The Morgan fingerprint density at radius 1 is 1.00 bits per heavy atom. The third kappa shape index (κ3) is 10.5. The van der Waals surface area contributed by atoms with Crippen molar-refractivity contribution in [2.75, 3.05) is 25.0 Å². The Morgan fingerprint density at radius 2 is 1.70 bits per heavy atom. The van der Waals surface area contributed by atoms with Crippen molar-refractivity contribution < 1.29 is 27.8 Å². The maximum atomic E-state index is 13.4. The molecule has 2 aromatic carbocycles. The molecular weight excluding hydrogens is 730 g/mol. The van der Waals surface area contributed by atoms with Gasteiger partial charge in [0.25, 0.3) is 10.0 Å². The number of nitrogens with one attached hydrogen (secondary N) is 2. The van der Waals surface area contributed by atoms with Gasteiger partial charge in [-0.1, -0.05) is 58.9 Å². The quantitative estimate of drug-likeness (QED) is 0.0928. The van der Waals surface area contributed by atoms with Crippen LogP contribution in [0.5, 0.6) is 5.88 Å². The zero-order valence-corrected chi connectivity index (χ0v) is 33.6. The Morgan fingerprint density at radius 3 is 2.35 bits per heavy atom. The molecule has 0 fully saturated rings. The number of benzene rings is 2. The van der Waals surface area contributed by atoms with Crippen LogP contribution in [0.3, 0.4) is 0 Å². The van der Waals surface area contributed by atoms with E-state index in [4.69, 9.17) is 19.4 Å². The van der Waals surface area contributed by atoms with Crippen LogP contribution in [-0.4, -0.2) is 70.4 Å². The summed E-state index contributed by atoms with van der Waals surface area (Å²) in [6.45, 7) is 16.6. The van der Waals surface area contributed by atoms with Gasteiger partial charge in [-0.3, -0.25) is 4.98 Å². The zero-order valence-electron chi connectivity index (χ0n) is 32.0. The number of nitrogens with zero attached hydrogens (tertiary/aromatic N) is 5. The molecule has 0 aliphatic rings. The second kappa shape index (κ2) is 17.7. The fourth-order valence-electron chi connectivity index (χ4n) is 6.28. The Kier molecular flexibility index (Phi) is 13.8. The van der Waals surface area contributed by atoms with Gasteiger partial charge in [-0.2, -0.15) is 4.98 Å². The van der Waals surface area contributed by atoms with Crippen molar-refractivity contribution in [1.82, 2.24) is 29.8 Å². The predicted molar refractivity (Wildman–Crippen MR) is 212 cm³/mol. The number of anilines is 1. The Labute approximate surface area is 323 Å². The van der Waals surface area contributed by atoms with E-state index in [0.29, 0.717) is 31.3 Å². The number of hydrogen-bond donors (Lipinski definition) is 3. The molecule has 54 heavy (non-hydrogen) atoms. The van der Waals surface area contributed by atoms with E-state index in [1.807, 2.05) is 32.0 Å². The highest BCUT2D eigenvalue weighted by atomic mass is 35.5. The second-order valence-corrected chi connectivity index (χ2v) is 16.4. The fraction of sp³-hybridized carbons (Fsp3) is 0.410. The standard InChI is InChI=1S/C39H49N7O6S.ClH/c1-24(2)33-18-32-36(46(33)15-16-51-8)42-29(22-41-32)21-40-28(20-39(5,6)7)23-52-34-19-31(35-25(3)11-9-12-26(35)4)43-38(44-34)45-53(49,50)30-14-10-13-27(17-30)37(47)48;/h9-14,17-19,22,24,28,40H,15-16,20-21,23H2,1-8H3,(H,47,48)(H,43,44,45);1H/t28-;/m1./s1. The number of aryl methyl sites for hydroxylation is 2. The first-order chi connectivity index (χ1) is 25.0. The molecule has 290 valence electrons. The summed E-state index contributed by atoms with van der Waals surface area (Å²) in [6.07, 6.45) is 2.54. The molecule has 3 N–H and O–H groups in total. The van der Waals surface area contributed by atoms with E-state index < -0.39 is 16.0 Å². The van der Waals surface area contributed by atoms with E-state index in [2.05, 4.69) is 65.3 Å². The molecular formula is C39H50ClN7O6S. The van der Waals surface area contributed by atoms with E-state index in [0.717, 1.165) is 51.7 Å². The maximum Gasteiger partial charge on any atom is 0.335 e. The third-order valence-corrected chi connectivity index (χ3v) is 10.0. The number of hydrogen-bond acceptors (Lipinski definition) is 10. The summed E-state index contributed by atoms with van der Waals surface area (Å²) < 4.78 is 43.2. The van der Waals surface area contributed by atoms with Gasteiger partial charge in [0.2, 0.25) is 11.8 Å². The highest BCUT2D eigenvalue weighted by Gasteiger charge is 2.23. The van der Waals surface area contributed by atoms with E-state index in [9.17, 15) is 18.3 Å². The van der Waals surface area contributed by atoms with Crippen LogP contribution in [-0.2, 0) is 27.8 Å². The first-order valence-corrected chi connectivity index (χ1v) is 19.0. The molecule has 3 heterocycles. The molecule has 0 aliphatic heterocycles. The summed E-state index contributed by atoms with van der Waals surface area (Å²) in [7, 11) is -2.57. The van der Waals surface area contributed by atoms with E-state index in [1.54, 1.807) is 19.4 Å². The molecule has 0 amide bonds. The van der Waals surface area contributed by atoms with Crippen molar-refractivity contribution in [3.05, 3.63) is 88.9 Å². The van der Waals surface area contributed by atoms with Gasteiger partial charge in [0.05, 0.1) is 34.7 Å². The van der Waals surface area contributed by atoms with E-state index in [1.165, 1.54) is 18.2 Å². The summed E-state index contributed by atoms with van der Waals surface area (Å²) in [5.41, 5.74) is 6.56. The number of halogens is 1. The lowest BCUT2D eigenvalue weighted by Gasteiger charge is -2.27. The normalized spacial score (nSPS) is 12.5. The van der Waals surface area contributed by atoms with Gasteiger partial charge < -0.3 is 24.5 Å². The lowest BCUT2D eigenvalue weighted by Crippen LogP contribution is -2.37. The summed E-state index contributed by atoms with van der Waals surface area (Å²) in [5, 5.41) is 13.0. The number of carboxylic acid groups (broad SMARTS) is 1. The number of aromatic nitrogens is 5. The van der Waals surface area contributed by atoms with Gasteiger partial charge >= 0.3 is 5.97 Å². The summed E-state index contributed by atoms with van der Waals surface area (Å²) in [4.78, 5) is 30.1. The smallest absolute Gasteiger partial charge is 0.335 e. The highest BCUT2D eigenvalue weighted by Crippen LogP contribution is 2.30. The zero-order chi connectivity index (χ0) is 38.5. The Bertz CT molecular complexity index is 2180. The topological polar surface area (TPSA) is 170 Å². The second-order valence-electron chi connectivity index (χ2n) is 14.7. The number of aromatic carboxylic acids is 1. The highest BCUT2D eigenvalue weighted by molar-refractivity contribution is 7.92. The number of rotatable bonds is 16. The van der Waals surface area contributed by atoms with Crippen LogP contribution in [0.15, 0.2) is 65.7 Å². The number of methoxy groups -OCH3 is 1. The molecule has 13 nitrogen and oxygen atoms in total. The minimum absolute atomic E-state index is 0. The van der Waals surface area contributed by atoms with Gasteiger partial charge in [-0.25, -0.2) is 27.9 Å². The number of carbonyl (C=O) groups is 1. The fourth-order valence-corrected chi connectivity index (χ4v) is 7.27. The van der Waals surface area contributed by atoms with Crippen molar-refractivity contribution in [3.8, 4) is 17.1 Å². The molecule has 0 unspecified atom stereocenters. The van der Waals surface area contributed by atoms with Crippen molar-refractivity contribution in [3.63, 3.8) is 0 Å². The number of ether oxygens (including phenoxy) is 2. The monoisotopic (exact) mass is 779 g/mol. The Balaban J connectivity index is 0.00000650. The molecule has 0 spiro atoms. The van der Waals surface area contributed by atoms with Gasteiger partial charge in [-0.05, 0) is 67.0 Å². The third-order valence-electron chi connectivity index (χ3n) is 8.71. The average molecular weight is 780 g/mol. The largest absolute Gasteiger partial charge is 0.478 e. The lowest BCUT2D eigenvalue weighted by molar-refractivity contribution is 0.0696. The Hall–Kier alpha value is -4.63. The van der Waals surface area contributed by atoms with Gasteiger partial charge in [0, 0.05) is 43.6 Å². The molecule has 0 aliphatic carbocycles. The van der Waals surface area contributed by atoms with Gasteiger partial charge in [0.1, 0.15) is 12.1 Å². The van der Waals surface area contributed by atoms with Gasteiger partial charge in [-0.15, -0.1) is 12.4 Å². The van der Waals surface area contributed by atoms with Crippen molar-refractivity contribution in [1.29, 1.82) is 0 Å². The molecule has 15 heteroatoms. The number of carboxylic acids is 1. The van der Waals surface area contributed by atoms with Crippen LogP contribution in [0.25, 0.3) is 22.4 Å². The SMILES string of the molecule is COCCn1c(C(C)C)cc2ncc(CN[C@@H](COc3cc(-c4c(C)cccc4C)nc(NS(=O)(=O)c4cccc(C(=O)O)c4)n3)CC(C)(C)C)nc21.Cl. The predicted octanol–water partition coefficient (Wildman–Crippen LogP) is 7.17. The molecule has 0 bridgehead atoms. The van der Waals surface area contributed by atoms with Crippen molar-refractivity contribution in [2.45, 2.75) is 84.8 Å². The molecule has 0 saturated carbocycles. The lowest BCUT2D eigenvalue weighted by atomic mass is 9.88. The summed E-state index contributed by atoms with van der Waals surface area (Å²) in [6, 6.07) is 14.6. The van der Waals surface area contributed by atoms with Crippen molar-refractivity contribution >= 4 is 45.5 Å². The number of sulfonamides is 1. The van der Waals surface area contributed by atoms with E-state index >= 15 is 0 Å². The summed E-state index contributed by atoms with van der Waals surface area (Å²) in [5.74, 6) is -0.974. The van der Waals surface area contributed by atoms with Crippen LogP contribution in [0.4, 0.5) is 5.95 Å². The van der Waals surface area contributed by atoms with Crippen LogP contribution in [0.1, 0.15) is 79.8 Å². The number of fused-ring (bicyclic) bond motifs is 1. The van der Waals surface area contributed by atoms with Crippen LogP contribution < -0.4 is 14.8 Å². The molecule has 0 saturated heterocycles. The first-order valence-electron chi connectivity index (χ1n) is 17.6. The minimum Gasteiger partial charge on any atom is -0.478 e. The van der Waals surface area contributed by atoms with Crippen LogP contribution in [0, 0.1) is 19.3 Å². The minimum atomic E-state index is -4.26. The average Bonchev–Trinajstić information content (AvgIpc) is 3.46. The van der Waals surface area contributed by atoms with Gasteiger partial charge in [0.15, 0.2) is 5.65 Å². The van der Waals surface area contributed by atoms with Crippen molar-refractivity contribution in [2.24, 2.45) is 5.41 Å². The van der Waals surface area contributed by atoms with E-state index in [-0.39, 0.29) is 52.8 Å². The molecule has 0 radical (unpaired) electrons. The molecule has 5 aromatic rings. The molecule has 3 aromatic heterocycles. The van der Waals surface area contributed by atoms with Crippen LogP contribution >= 0.6 is 12.4 Å². The molecule has 5 rings (SSSR count). The first kappa shape index (κ1) is 42.1.